The zero-order valence-corrected chi connectivity index (χ0v) is 28.7. The molecule has 0 aliphatic carbocycles. The van der Waals surface area contributed by atoms with Gasteiger partial charge in [-0.05, 0) is 73.7 Å². The summed E-state index contributed by atoms with van der Waals surface area (Å²) in [6.07, 6.45) is -0.486. The maximum Gasteiger partial charge on any atom is 0.416 e. The Hall–Kier alpha value is -3.19. The standard InChI is InChI=1S/C36H40Cl2F3N5O3/c1-2-49-30-23-26(36(39,40)41)10-15-29(30)35(34(48)46-19-17-45(18-20-46)31-5-3-4-16-44(31)21-22-47)42-32(24-6-11-27(37)12-7-24)33(43-35)25-8-13-28(38)14-9-25/h6-15,22-23,31-33,42-43H,2-5,16-21H2,1H3. The Labute approximate surface area is 294 Å². The Morgan fingerprint density at radius 3 is 2.02 bits per heavy atom. The van der Waals surface area contributed by atoms with Gasteiger partial charge in [0.05, 0.1) is 37.0 Å². The van der Waals surface area contributed by atoms with Crippen molar-refractivity contribution in [1.82, 2.24) is 25.3 Å². The van der Waals surface area contributed by atoms with Crippen molar-refractivity contribution in [2.75, 3.05) is 45.9 Å². The summed E-state index contributed by atoms with van der Waals surface area (Å²) in [7, 11) is 0. The average molecular weight is 719 g/mol. The van der Waals surface area contributed by atoms with Gasteiger partial charge >= 0.3 is 6.18 Å². The molecule has 0 radical (unpaired) electrons. The number of nitrogens with one attached hydrogen (secondary N) is 2. The van der Waals surface area contributed by atoms with E-state index in [0.717, 1.165) is 55.4 Å². The van der Waals surface area contributed by atoms with E-state index in [2.05, 4.69) is 20.4 Å². The number of alkyl halides is 3. The van der Waals surface area contributed by atoms with Crippen molar-refractivity contribution in [2.45, 2.75) is 56.3 Å². The largest absolute Gasteiger partial charge is 0.493 e. The van der Waals surface area contributed by atoms with E-state index in [0.29, 0.717) is 42.8 Å². The van der Waals surface area contributed by atoms with E-state index in [1.54, 1.807) is 36.1 Å². The molecular weight excluding hydrogens is 678 g/mol. The predicted octanol–water partition coefficient (Wildman–Crippen LogP) is 6.39. The number of aldehydes is 1. The fourth-order valence-corrected chi connectivity index (χ4v) is 7.65. The van der Waals surface area contributed by atoms with Gasteiger partial charge in [-0.15, -0.1) is 0 Å². The van der Waals surface area contributed by atoms with Crippen molar-refractivity contribution >= 4 is 35.4 Å². The van der Waals surface area contributed by atoms with Gasteiger partial charge < -0.3 is 14.4 Å². The summed E-state index contributed by atoms with van der Waals surface area (Å²) in [4.78, 5) is 32.7. The number of hydrogen-bond acceptors (Lipinski definition) is 7. The van der Waals surface area contributed by atoms with E-state index < -0.39 is 29.5 Å². The van der Waals surface area contributed by atoms with E-state index in [-0.39, 0.29) is 30.0 Å². The Balaban J connectivity index is 1.41. The van der Waals surface area contributed by atoms with E-state index in [9.17, 15) is 18.0 Å². The molecule has 2 N–H and O–H groups in total. The van der Waals surface area contributed by atoms with Crippen LogP contribution in [0.15, 0.2) is 66.7 Å². The highest BCUT2D eigenvalue weighted by atomic mass is 35.5. The van der Waals surface area contributed by atoms with Gasteiger partial charge in [0.25, 0.3) is 5.91 Å². The summed E-state index contributed by atoms with van der Waals surface area (Å²) in [5, 5.41) is 8.23. The molecule has 3 aromatic carbocycles. The second-order valence-electron chi connectivity index (χ2n) is 12.7. The predicted molar refractivity (Wildman–Crippen MR) is 182 cm³/mol. The number of likely N-dealkylation sites (tertiary alicyclic amines) is 1. The third-order valence-electron chi connectivity index (χ3n) is 9.78. The Morgan fingerprint density at radius 2 is 1.49 bits per heavy atom. The fourth-order valence-electron chi connectivity index (χ4n) is 7.40. The number of halogens is 5. The van der Waals surface area contributed by atoms with Crippen LogP contribution in [0.3, 0.4) is 0 Å². The van der Waals surface area contributed by atoms with Crippen LogP contribution in [0.1, 0.15) is 60.5 Å². The van der Waals surface area contributed by atoms with Crippen LogP contribution in [0.4, 0.5) is 13.2 Å². The number of benzene rings is 3. The van der Waals surface area contributed by atoms with E-state index >= 15 is 4.79 Å². The van der Waals surface area contributed by atoms with Gasteiger partial charge in [-0.1, -0.05) is 53.5 Å². The van der Waals surface area contributed by atoms with Crippen molar-refractivity contribution in [1.29, 1.82) is 0 Å². The Bertz CT molecular complexity index is 1560. The van der Waals surface area contributed by atoms with E-state index in [4.69, 9.17) is 27.9 Å². The minimum atomic E-state index is -4.61. The third-order valence-corrected chi connectivity index (χ3v) is 10.3. The van der Waals surface area contributed by atoms with Gasteiger partial charge in [-0.2, -0.15) is 13.2 Å². The van der Waals surface area contributed by atoms with Gasteiger partial charge in [0, 0.05) is 48.3 Å². The van der Waals surface area contributed by atoms with E-state index in [1.165, 1.54) is 6.07 Å². The molecule has 6 rings (SSSR count). The van der Waals surface area contributed by atoms with Gasteiger partial charge in [-0.3, -0.25) is 25.2 Å². The first-order chi connectivity index (χ1) is 23.5. The van der Waals surface area contributed by atoms with Crippen LogP contribution in [0.5, 0.6) is 5.75 Å². The molecule has 1 amide bonds. The molecule has 3 fully saturated rings. The van der Waals surface area contributed by atoms with Gasteiger partial charge in [0.15, 0.2) is 5.66 Å². The van der Waals surface area contributed by atoms with Crippen LogP contribution in [0.2, 0.25) is 10.0 Å². The maximum absolute atomic E-state index is 15.1. The summed E-state index contributed by atoms with van der Waals surface area (Å²) in [5.74, 6) is -0.362. The molecule has 262 valence electrons. The highest BCUT2D eigenvalue weighted by Gasteiger charge is 2.55. The number of nitrogens with zero attached hydrogens (tertiary/aromatic N) is 3. The molecule has 3 saturated heterocycles. The summed E-state index contributed by atoms with van der Waals surface area (Å²) >= 11 is 12.5. The maximum atomic E-state index is 15.1. The SMILES string of the molecule is CCOc1cc(C(F)(F)F)ccc1C1(C(=O)N2CCN(C3CCCCN3CC=O)CC2)NC(c2ccc(Cl)cc2)C(c2ccc(Cl)cc2)N1. The summed E-state index contributed by atoms with van der Waals surface area (Å²) in [5.41, 5.74) is -0.623. The molecule has 13 heteroatoms. The molecule has 3 heterocycles. The number of rotatable bonds is 9. The second kappa shape index (κ2) is 15.0. The molecule has 3 unspecified atom stereocenters. The highest BCUT2D eigenvalue weighted by molar-refractivity contribution is 6.30. The lowest BCUT2D eigenvalue weighted by Crippen LogP contribution is -2.64. The second-order valence-corrected chi connectivity index (χ2v) is 13.6. The number of piperidine rings is 1. The number of carbonyl (C=O) groups is 2. The summed E-state index contributed by atoms with van der Waals surface area (Å²) in [6, 6.07) is 16.8. The van der Waals surface area contributed by atoms with Crippen LogP contribution in [-0.4, -0.2) is 78.9 Å². The first-order valence-corrected chi connectivity index (χ1v) is 17.4. The topological polar surface area (TPSA) is 77.2 Å². The van der Waals surface area contributed by atoms with Crippen molar-refractivity contribution in [3.05, 3.63) is 99.0 Å². The number of ether oxygens (including phenoxy) is 1. The zero-order valence-electron chi connectivity index (χ0n) is 27.2. The van der Waals surface area contributed by atoms with Crippen LogP contribution >= 0.6 is 23.2 Å². The molecule has 49 heavy (non-hydrogen) atoms. The summed E-state index contributed by atoms with van der Waals surface area (Å²) in [6.45, 7) is 4.99. The van der Waals surface area contributed by atoms with Crippen LogP contribution in [0.25, 0.3) is 0 Å². The van der Waals surface area contributed by atoms with Crippen molar-refractivity contribution in [3.8, 4) is 5.75 Å². The number of carbonyl (C=O) groups excluding carboxylic acids is 2. The monoisotopic (exact) mass is 717 g/mol. The first kappa shape index (κ1) is 35.6. The van der Waals surface area contributed by atoms with E-state index in [1.807, 2.05) is 24.3 Å². The van der Waals surface area contributed by atoms with Crippen molar-refractivity contribution in [2.24, 2.45) is 0 Å². The fraction of sp³-hybridized carbons (Fsp3) is 0.444. The minimum Gasteiger partial charge on any atom is -0.493 e. The smallest absolute Gasteiger partial charge is 0.416 e. The summed E-state index contributed by atoms with van der Waals surface area (Å²) < 4.78 is 47.7. The normalized spacial score (nSPS) is 25.3. The lowest BCUT2D eigenvalue weighted by molar-refractivity contribution is -0.143. The molecule has 0 spiro atoms. The quantitative estimate of drug-likeness (QED) is 0.249. The van der Waals surface area contributed by atoms with Crippen LogP contribution in [-0.2, 0) is 21.4 Å². The lowest BCUT2D eigenvalue weighted by atomic mass is 9.94. The van der Waals surface area contributed by atoms with Gasteiger partial charge in [0.2, 0.25) is 0 Å². The van der Waals surface area contributed by atoms with Crippen LogP contribution < -0.4 is 15.4 Å². The third kappa shape index (κ3) is 7.48. The molecule has 3 aliphatic rings. The van der Waals surface area contributed by atoms with Crippen molar-refractivity contribution in [3.63, 3.8) is 0 Å². The van der Waals surface area contributed by atoms with Crippen molar-refractivity contribution < 1.29 is 27.5 Å². The average Bonchev–Trinajstić information content (AvgIpc) is 3.50. The molecule has 0 bridgehead atoms. The molecule has 3 atom stereocenters. The van der Waals surface area contributed by atoms with Gasteiger partial charge in [-0.25, -0.2) is 0 Å². The molecule has 0 aromatic heterocycles. The van der Waals surface area contributed by atoms with Gasteiger partial charge in [0.1, 0.15) is 12.0 Å². The molecule has 3 aromatic rings. The lowest BCUT2D eigenvalue weighted by Gasteiger charge is -2.46. The zero-order chi connectivity index (χ0) is 34.8. The first-order valence-electron chi connectivity index (χ1n) is 16.7. The number of hydrogen-bond donors (Lipinski definition) is 2. The number of amides is 1. The van der Waals surface area contributed by atoms with Crippen LogP contribution in [0, 0.1) is 0 Å². The highest BCUT2D eigenvalue weighted by Crippen LogP contribution is 2.46. The number of piperazine rings is 1. The molecule has 8 nitrogen and oxygen atoms in total. The molecule has 3 aliphatic heterocycles. The minimum absolute atomic E-state index is 0.0392. The molecular formula is C36H40Cl2F3N5O3. The Morgan fingerprint density at radius 1 is 0.898 bits per heavy atom. The Kier molecular flexibility index (Phi) is 10.9. The molecule has 0 saturated carbocycles.